The first kappa shape index (κ1) is 20.1. The molecule has 2 aromatic carbocycles. The van der Waals surface area contributed by atoms with Crippen molar-refractivity contribution in [1.82, 2.24) is 5.43 Å². The first-order valence-corrected chi connectivity index (χ1v) is 9.12. The molecule has 0 atom stereocenters. The number of rotatable bonds is 5. The summed E-state index contributed by atoms with van der Waals surface area (Å²) in [5.41, 5.74) is 4.97. The van der Waals surface area contributed by atoms with Gasteiger partial charge in [-0.05, 0) is 65.1 Å². The molecule has 0 radical (unpaired) electrons. The summed E-state index contributed by atoms with van der Waals surface area (Å²) in [5.74, 6) is -0.340. The fourth-order valence-electron chi connectivity index (χ4n) is 2.53. The summed E-state index contributed by atoms with van der Waals surface area (Å²) in [6.45, 7) is 6.36. The third-order valence-corrected chi connectivity index (χ3v) is 4.21. The van der Waals surface area contributed by atoms with Crippen LogP contribution in [0.3, 0.4) is 0 Å². The topological polar surface area (TPSA) is 80.9 Å². The Labute approximate surface area is 169 Å². The van der Waals surface area contributed by atoms with Gasteiger partial charge < -0.3 is 9.15 Å². The predicted molar refractivity (Wildman–Crippen MR) is 110 cm³/mol. The van der Waals surface area contributed by atoms with Gasteiger partial charge in [-0.25, -0.2) is 10.2 Å². The van der Waals surface area contributed by atoms with Gasteiger partial charge in [0.25, 0.3) is 5.91 Å². The molecule has 1 N–H and O–H groups in total. The van der Waals surface area contributed by atoms with Crippen LogP contribution in [0.1, 0.15) is 52.8 Å². The largest absolute Gasteiger partial charge is 0.457 e. The Morgan fingerprint density at radius 2 is 1.69 bits per heavy atom. The fourth-order valence-corrected chi connectivity index (χ4v) is 2.53. The summed E-state index contributed by atoms with van der Waals surface area (Å²) in [6, 6.07) is 17.3. The molecule has 148 valence electrons. The van der Waals surface area contributed by atoms with Crippen molar-refractivity contribution in [1.29, 1.82) is 0 Å². The zero-order valence-electron chi connectivity index (χ0n) is 16.5. The molecule has 6 nitrogen and oxygen atoms in total. The van der Waals surface area contributed by atoms with Gasteiger partial charge in [0, 0.05) is 5.56 Å². The number of nitrogens with one attached hydrogen (secondary N) is 1. The van der Waals surface area contributed by atoms with Crippen molar-refractivity contribution in [2.45, 2.75) is 26.2 Å². The van der Waals surface area contributed by atoms with E-state index in [1.54, 1.807) is 42.5 Å². The van der Waals surface area contributed by atoms with Crippen LogP contribution in [0.4, 0.5) is 0 Å². The highest BCUT2D eigenvalue weighted by Gasteiger charge is 2.14. The van der Waals surface area contributed by atoms with Crippen LogP contribution in [0.15, 0.2) is 76.4 Å². The SMILES string of the molecule is CC(C)(C)c1ccc(C(=O)N/N=C\c2ccc(OC(=O)c3ccco3)cc2)cc1. The van der Waals surface area contributed by atoms with Gasteiger partial charge in [0.05, 0.1) is 12.5 Å². The molecule has 0 aliphatic carbocycles. The quantitative estimate of drug-likeness (QED) is 0.300. The molecule has 0 saturated carbocycles. The maximum absolute atomic E-state index is 12.2. The van der Waals surface area contributed by atoms with Gasteiger partial charge in [0.2, 0.25) is 5.76 Å². The van der Waals surface area contributed by atoms with E-state index in [9.17, 15) is 9.59 Å². The second-order valence-corrected chi connectivity index (χ2v) is 7.46. The number of hydrogen-bond acceptors (Lipinski definition) is 5. The van der Waals surface area contributed by atoms with Gasteiger partial charge in [0.1, 0.15) is 5.75 Å². The first-order valence-electron chi connectivity index (χ1n) is 9.12. The van der Waals surface area contributed by atoms with Crippen LogP contribution in [-0.4, -0.2) is 18.1 Å². The van der Waals surface area contributed by atoms with Crippen molar-refractivity contribution < 1.29 is 18.7 Å². The van der Waals surface area contributed by atoms with Gasteiger partial charge in [-0.15, -0.1) is 0 Å². The van der Waals surface area contributed by atoms with Gasteiger partial charge >= 0.3 is 5.97 Å². The van der Waals surface area contributed by atoms with Crippen molar-refractivity contribution in [3.8, 4) is 5.75 Å². The molecule has 0 spiro atoms. The maximum atomic E-state index is 12.2. The predicted octanol–water partition coefficient (Wildman–Crippen LogP) is 4.56. The summed E-state index contributed by atoms with van der Waals surface area (Å²) in [4.78, 5) is 24.0. The lowest BCUT2D eigenvalue weighted by molar-refractivity contribution is 0.0701. The Bertz CT molecular complexity index is 997. The number of hydrogen-bond donors (Lipinski definition) is 1. The Morgan fingerprint density at radius 3 is 2.28 bits per heavy atom. The summed E-state index contributed by atoms with van der Waals surface area (Å²) < 4.78 is 10.2. The smallest absolute Gasteiger partial charge is 0.379 e. The van der Waals surface area contributed by atoms with Gasteiger partial charge in [-0.3, -0.25) is 4.79 Å². The van der Waals surface area contributed by atoms with Crippen molar-refractivity contribution in [2.75, 3.05) is 0 Å². The first-order chi connectivity index (χ1) is 13.8. The highest BCUT2D eigenvalue weighted by Crippen LogP contribution is 2.22. The van der Waals surface area contributed by atoms with E-state index in [-0.39, 0.29) is 17.1 Å². The zero-order chi connectivity index (χ0) is 20.9. The molecule has 1 amide bonds. The molecule has 0 unspecified atom stereocenters. The monoisotopic (exact) mass is 390 g/mol. The summed E-state index contributed by atoms with van der Waals surface area (Å²) in [6.07, 6.45) is 2.92. The Balaban J connectivity index is 1.54. The van der Waals surface area contributed by atoms with Crippen molar-refractivity contribution >= 4 is 18.1 Å². The number of benzene rings is 2. The molecule has 1 heterocycles. The van der Waals surface area contributed by atoms with Crippen LogP contribution in [0.25, 0.3) is 0 Å². The van der Waals surface area contributed by atoms with E-state index in [2.05, 4.69) is 31.3 Å². The number of ether oxygens (including phenoxy) is 1. The van der Waals surface area contributed by atoms with E-state index in [0.29, 0.717) is 11.3 Å². The molecule has 3 rings (SSSR count). The third-order valence-electron chi connectivity index (χ3n) is 4.21. The molecular weight excluding hydrogens is 368 g/mol. The summed E-state index contributed by atoms with van der Waals surface area (Å²) >= 11 is 0. The summed E-state index contributed by atoms with van der Waals surface area (Å²) in [7, 11) is 0. The lowest BCUT2D eigenvalue weighted by atomic mass is 9.87. The molecular formula is C23H22N2O4. The highest BCUT2D eigenvalue weighted by molar-refractivity contribution is 5.95. The number of hydrazone groups is 1. The molecule has 0 saturated heterocycles. The van der Waals surface area contributed by atoms with E-state index >= 15 is 0 Å². The minimum atomic E-state index is -0.568. The molecule has 0 aliphatic heterocycles. The Hall–Kier alpha value is -3.67. The van der Waals surface area contributed by atoms with Crippen molar-refractivity contribution in [3.05, 3.63) is 89.4 Å². The molecule has 29 heavy (non-hydrogen) atoms. The van der Waals surface area contributed by atoms with Crippen molar-refractivity contribution in [3.63, 3.8) is 0 Å². The van der Waals surface area contributed by atoms with E-state index < -0.39 is 5.97 Å². The Kier molecular flexibility index (Phi) is 5.93. The third kappa shape index (κ3) is 5.42. The molecule has 0 bridgehead atoms. The molecule has 0 aliphatic rings. The van der Waals surface area contributed by atoms with Crippen LogP contribution in [0.2, 0.25) is 0 Å². The normalized spacial score (nSPS) is 11.4. The average molecular weight is 390 g/mol. The number of carbonyl (C=O) groups is 2. The van der Waals surface area contributed by atoms with E-state index in [0.717, 1.165) is 11.1 Å². The Morgan fingerprint density at radius 1 is 1.00 bits per heavy atom. The van der Waals surface area contributed by atoms with Crippen LogP contribution < -0.4 is 10.2 Å². The lowest BCUT2D eigenvalue weighted by Crippen LogP contribution is -2.18. The van der Waals surface area contributed by atoms with E-state index in [1.807, 2.05) is 12.1 Å². The molecule has 1 aromatic heterocycles. The minimum absolute atomic E-state index is 0.0333. The van der Waals surface area contributed by atoms with E-state index in [4.69, 9.17) is 9.15 Å². The van der Waals surface area contributed by atoms with Gasteiger partial charge in [-0.1, -0.05) is 32.9 Å². The van der Waals surface area contributed by atoms with Crippen LogP contribution in [0, 0.1) is 0 Å². The fraction of sp³-hybridized carbons (Fsp3) is 0.174. The minimum Gasteiger partial charge on any atom is -0.457 e. The van der Waals surface area contributed by atoms with Crippen molar-refractivity contribution in [2.24, 2.45) is 5.10 Å². The standard InChI is InChI=1S/C23H22N2O4/c1-23(2,3)18-10-8-17(9-11-18)21(26)25-24-15-16-6-12-19(13-7-16)29-22(27)20-5-4-14-28-20/h4-15H,1-3H3,(H,25,26)/b24-15-. The summed E-state index contributed by atoms with van der Waals surface area (Å²) in [5, 5.41) is 3.97. The number of carbonyl (C=O) groups excluding carboxylic acids is 2. The lowest BCUT2D eigenvalue weighted by Gasteiger charge is -2.18. The zero-order valence-corrected chi connectivity index (χ0v) is 16.5. The molecule has 6 heteroatoms. The van der Waals surface area contributed by atoms with Crippen LogP contribution >= 0.6 is 0 Å². The molecule has 0 fully saturated rings. The number of amides is 1. The van der Waals surface area contributed by atoms with Gasteiger partial charge in [-0.2, -0.15) is 5.10 Å². The molecule has 3 aromatic rings. The van der Waals surface area contributed by atoms with Gasteiger partial charge in [0.15, 0.2) is 0 Å². The second kappa shape index (κ2) is 8.56. The number of furan rings is 1. The number of esters is 1. The highest BCUT2D eigenvalue weighted by atomic mass is 16.5. The van der Waals surface area contributed by atoms with E-state index in [1.165, 1.54) is 18.5 Å². The van der Waals surface area contributed by atoms with Crippen LogP contribution in [-0.2, 0) is 5.41 Å². The number of nitrogens with zero attached hydrogens (tertiary/aromatic N) is 1. The second-order valence-electron chi connectivity index (χ2n) is 7.46. The van der Waals surface area contributed by atoms with Crippen LogP contribution in [0.5, 0.6) is 5.75 Å². The maximum Gasteiger partial charge on any atom is 0.379 e. The average Bonchev–Trinajstić information content (AvgIpc) is 3.24.